The van der Waals surface area contributed by atoms with Crippen LogP contribution in [0.15, 0.2) is 51.9 Å². The fourth-order valence-corrected chi connectivity index (χ4v) is 3.35. The number of thioether (sulfide) groups is 1. The average molecular weight is 459 g/mol. The second-order valence-electron chi connectivity index (χ2n) is 4.67. The smallest absolute Gasteiger partial charge is 0.156 e. The second-order valence-corrected chi connectivity index (χ2v) is 8.10. The molecule has 0 saturated heterocycles. The van der Waals surface area contributed by atoms with Gasteiger partial charge in [-0.25, -0.2) is 0 Å². The number of hydrogen-bond donors (Lipinski definition) is 0. The lowest BCUT2D eigenvalue weighted by Crippen LogP contribution is -2.02. The number of hydrogen-bond acceptors (Lipinski definition) is 3. The lowest BCUT2D eigenvalue weighted by Gasteiger charge is -2.12. The predicted molar refractivity (Wildman–Crippen MR) is 109 cm³/mol. The molecule has 0 amide bonds. The van der Waals surface area contributed by atoms with Gasteiger partial charge in [0.05, 0.1) is 16.7 Å². The Morgan fingerprint density at radius 3 is 2.20 bits per heavy atom. The van der Waals surface area contributed by atoms with Crippen LogP contribution in [-0.4, -0.2) is 19.0 Å². The Labute approximate surface area is 175 Å². The minimum atomic E-state index is 0.135. The third-order valence-electron chi connectivity index (χ3n) is 2.87. The van der Waals surface area contributed by atoms with Gasteiger partial charge in [0.15, 0.2) is 5.75 Å². The maximum Gasteiger partial charge on any atom is 0.156 e. The molecule has 0 fully saturated rings. The molecule has 0 aromatic heterocycles. The zero-order valence-electron chi connectivity index (χ0n) is 12.8. The monoisotopic (exact) mass is 456 g/mol. The summed E-state index contributed by atoms with van der Waals surface area (Å²) in [6.07, 6.45) is 1.52. The Bertz CT molecular complexity index is 707. The summed E-state index contributed by atoms with van der Waals surface area (Å²) in [6.45, 7) is 0.671. The van der Waals surface area contributed by atoms with Crippen molar-refractivity contribution in [2.75, 3.05) is 19.0 Å². The van der Waals surface area contributed by atoms with Gasteiger partial charge in [0.25, 0.3) is 0 Å². The molecule has 2 aromatic carbocycles. The quantitative estimate of drug-likeness (QED) is 0.301. The SMILES string of the molecule is ClC(Cl)=CCOc1cc(Cl)c(OCCSc2ccc(Cl)cc2)c(Cl)c1. The topological polar surface area (TPSA) is 18.5 Å². The molecule has 2 aromatic rings. The Morgan fingerprint density at radius 1 is 0.960 bits per heavy atom. The Balaban J connectivity index is 1.86. The van der Waals surface area contributed by atoms with Gasteiger partial charge in [-0.3, -0.25) is 0 Å². The van der Waals surface area contributed by atoms with Gasteiger partial charge in [0, 0.05) is 27.8 Å². The molecule has 2 rings (SSSR count). The number of rotatable bonds is 8. The van der Waals surface area contributed by atoms with E-state index in [1.165, 1.54) is 6.08 Å². The van der Waals surface area contributed by atoms with Gasteiger partial charge >= 0.3 is 0 Å². The Kier molecular flexibility index (Phi) is 8.91. The van der Waals surface area contributed by atoms with E-state index in [0.29, 0.717) is 33.2 Å². The summed E-state index contributed by atoms with van der Waals surface area (Å²) in [5.74, 6) is 1.67. The van der Waals surface area contributed by atoms with Crippen molar-refractivity contribution in [2.24, 2.45) is 0 Å². The molecule has 0 aliphatic rings. The summed E-state index contributed by atoms with van der Waals surface area (Å²) in [5.41, 5.74) is 0. The lowest BCUT2D eigenvalue weighted by molar-refractivity contribution is 0.340. The number of benzene rings is 2. The van der Waals surface area contributed by atoms with Crippen molar-refractivity contribution >= 4 is 69.8 Å². The zero-order valence-corrected chi connectivity index (χ0v) is 17.4. The standard InChI is InChI=1S/C17H13Cl5O2S/c18-11-1-3-13(4-2-11)25-8-7-24-17-14(19)9-12(10-15(17)20)23-6-5-16(21)22/h1-5,9-10H,6-8H2. The van der Waals surface area contributed by atoms with Gasteiger partial charge in [0.2, 0.25) is 0 Å². The molecule has 25 heavy (non-hydrogen) atoms. The van der Waals surface area contributed by atoms with Crippen LogP contribution >= 0.6 is 69.8 Å². The highest BCUT2D eigenvalue weighted by Crippen LogP contribution is 2.37. The van der Waals surface area contributed by atoms with Crippen LogP contribution in [0, 0.1) is 0 Å². The van der Waals surface area contributed by atoms with E-state index < -0.39 is 0 Å². The summed E-state index contributed by atoms with van der Waals surface area (Å²) in [4.78, 5) is 1.11. The highest BCUT2D eigenvalue weighted by atomic mass is 35.5. The van der Waals surface area contributed by atoms with E-state index in [0.717, 1.165) is 10.6 Å². The van der Waals surface area contributed by atoms with Crippen LogP contribution in [0.3, 0.4) is 0 Å². The van der Waals surface area contributed by atoms with Gasteiger partial charge in [-0.2, -0.15) is 0 Å². The highest BCUT2D eigenvalue weighted by molar-refractivity contribution is 7.99. The zero-order chi connectivity index (χ0) is 18.2. The fourth-order valence-electron chi connectivity index (χ4n) is 1.79. The van der Waals surface area contributed by atoms with Crippen LogP contribution in [0.2, 0.25) is 15.1 Å². The summed E-state index contributed by atoms with van der Waals surface area (Å²) in [5, 5.41) is 1.46. The van der Waals surface area contributed by atoms with Crippen molar-refractivity contribution < 1.29 is 9.47 Å². The maximum atomic E-state index is 6.21. The third-order valence-corrected chi connectivity index (χ3v) is 4.97. The summed E-state index contributed by atoms with van der Waals surface area (Å²) in [6, 6.07) is 10.9. The molecule has 0 aliphatic heterocycles. The molecule has 0 N–H and O–H groups in total. The largest absolute Gasteiger partial charge is 0.490 e. The van der Waals surface area contributed by atoms with Gasteiger partial charge in [-0.05, 0) is 30.3 Å². The highest BCUT2D eigenvalue weighted by Gasteiger charge is 2.10. The summed E-state index contributed by atoms with van der Waals surface area (Å²) < 4.78 is 11.3. The molecular formula is C17H13Cl5O2S. The van der Waals surface area contributed by atoms with Crippen LogP contribution in [-0.2, 0) is 0 Å². The second kappa shape index (κ2) is 10.7. The molecular weight excluding hydrogens is 446 g/mol. The van der Waals surface area contributed by atoms with E-state index in [1.54, 1.807) is 23.9 Å². The first-order valence-electron chi connectivity index (χ1n) is 7.10. The molecule has 0 atom stereocenters. The fraction of sp³-hybridized carbons (Fsp3) is 0.176. The average Bonchev–Trinajstić information content (AvgIpc) is 2.55. The predicted octanol–water partition coefficient (Wildman–Crippen LogP) is 7.52. The summed E-state index contributed by atoms with van der Waals surface area (Å²) in [7, 11) is 0. The van der Waals surface area contributed by atoms with Gasteiger partial charge in [-0.1, -0.05) is 58.0 Å². The van der Waals surface area contributed by atoms with Gasteiger partial charge < -0.3 is 9.47 Å². The van der Waals surface area contributed by atoms with Crippen molar-refractivity contribution in [3.8, 4) is 11.5 Å². The molecule has 0 unspecified atom stereocenters. The maximum absolute atomic E-state index is 6.21. The number of ether oxygens (including phenoxy) is 2. The molecule has 0 radical (unpaired) electrons. The van der Waals surface area contributed by atoms with E-state index in [1.807, 2.05) is 24.3 Å². The minimum absolute atomic E-state index is 0.135. The molecule has 0 heterocycles. The van der Waals surface area contributed by atoms with E-state index in [-0.39, 0.29) is 11.1 Å². The Morgan fingerprint density at radius 2 is 1.60 bits per heavy atom. The van der Waals surface area contributed by atoms with E-state index in [2.05, 4.69) is 0 Å². The molecule has 0 aliphatic carbocycles. The van der Waals surface area contributed by atoms with Gasteiger partial charge in [0.1, 0.15) is 16.8 Å². The van der Waals surface area contributed by atoms with Crippen molar-refractivity contribution in [3.05, 3.63) is 62.0 Å². The summed E-state index contributed by atoms with van der Waals surface area (Å²) >= 11 is 31.0. The van der Waals surface area contributed by atoms with E-state index in [4.69, 9.17) is 67.5 Å². The van der Waals surface area contributed by atoms with Crippen LogP contribution in [0.5, 0.6) is 11.5 Å². The first-order valence-corrected chi connectivity index (χ1v) is 9.97. The van der Waals surface area contributed by atoms with Crippen molar-refractivity contribution in [3.63, 3.8) is 0 Å². The normalized spacial score (nSPS) is 10.4. The van der Waals surface area contributed by atoms with Crippen molar-refractivity contribution in [1.29, 1.82) is 0 Å². The van der Waals surface area contributed by atoms with Crippen LogP contribution < -0.4 is 9.47 Å². The minimum Gasteiger partial charge on any atom is -0.490 e. The first kappa shape index (κ1) is 20.9. The van der Waals surface area contributed by atoms with Gasteiger partial charge in [-0.15, -0.1) is 11.8 Å². The van der Waals surface area contributed by atoms with Crippen LogP contribution in [0.25, 0.3) is 0 Å². The molecule has 8 heteroatoms. The molecule has 2 nitrogen and oxygen atoms in total. The van der Waals surface area contributed by atoms with E-state index >= 15 is 0 Å². The van der Waals surface area contributed by atoms with Crippen molar-refractivity contribution in [2.45, 2.75) is 4.90 Å². The molecule has 0 saturated carbocycles. The third kappa shape index (κ3) is 7.38. The van der Waals surface area contributed by atoms with Crippen LogP contribution in [0.1, 0.15) is 0 Å². The Hall–Kier alpha value is -0.420. The lowest BCUT2D eigenvalue weighted by atomic mass is 10.3. The molecule has 0 bridgehead atoms. The van der Waals surface area contributed by atoms with Crippen molar-refractivity contribution in [1.82, 2.24) is 0 Å². The van der Waals surface area contributed by atoms with E-state index in [9.17, 15) is 0 Å². The first-order chi connectivity index (χ1) is 12.0. The molecule has 134 valence electrons. The molecule has 0 spiro atoms. The van der Waals surface area contributed by atoms with Crippen LogP contribution in [0.4, 0.5) is 0 Å². The number of halogens is 5.